The van der Waals surface area contributed by atoms with Crippen LogP contribution in [0.25, 0.3) is 0 Å². The fourth-order valence-corrected chi connectivity index (χ4v) is 24.3. The first-order valence-corrected chi connectivity index (χ1v) is 27.9. The van der Waals surface area contributed by atoms with Crippen molar-refractivity contribution in [2.24, 2.45) is 0 Å². The minimum atomic E-state index is -1.93. The van der Waals surface area contributed by atoms with Gasteiger partial charge >= 0.3 is 8.56 Å². The topological polar surface area (TPSA) is 27.7 Å². The van der Waals surface area contributed by atoms with E-state index < -0.39 is 41.8 Å². The molecule has 8 heteroatoms. The maximum Gasteiger partial charge on any atom is 0.311 e. The van der Waals surface area contributed by atoms with E-state index in [9.17, 15) is 0 Å². The van der Waals surface area contributed by atoms with E-state index in [-0.39, 0.29) is 0 Å². The normalized spacial score (nSPS) is 13.9. The molecular formula is C21H56O3Si5. The zero-order valence-corrected chi connectivity index (χ0v) is 27.7. The van der Waals surface area contributed by atoms with E-state index in [2.05, 4.69) is 92.0 Å². The van der Waals surface area contributed by atoms with Crippen molar-refractivity contribution in [2.45, 2.75) is 137 Å². The SMILES string of the molecule is CCCCCCCC[Si](C)(C)O[Si](C)(C)O[Si](C)(C)C.C[Si](C)(C)O[Si](C)(C)C. The maximum atomic E-state index is 6.52. The minimum Gasteiger partial charge on any atom is -0.456 e. The molecule has 0 saturated heterocycles. The molecule has 0 radical (unpaired) electrons. The average molecular weight is 497 g/mol. The van der Waals surface area contributed by atoms with Crippen LogP contribution in [0.4, 0.5) is 0 Å². The van der Waals surface area contributed by atoms with Crippen molar-refractivity contribution in [1.82, 2.24) is 0 Å². The van der Waals surface area contributed by atoms with Crippen LogP contribution in [-0.4, -0.2) is 41.8 Å². The van der Waals surface area contributed by atoms with Crippen molar-refractivity contribution in [2.75, 3.05) is 0 Å². The smallest absolute Gasteiger partial charge is 0.311 e. The van der Waals surface area contributed by atoms with Gasteiger partial charge in [-0.1, -0.05) is 45.4 Å². The fourth-order valence-electron chi connectivity index (χ4n) is 3.72. The maximum absolute atomic E-state index is 6.52. The van der Waals surface area contributed by atoms with Crippen LogP contribution >= 0.6 is 0 Å². The number of unbranched alkanes of at least 4 members (excludes halogenated alkanes) is 5. The Kier molecular flexibility index (Phi) is 15.0. The molecule has 178 valence electrons. The summed E-state index contributed by atoms with van der Waals surface area (Å²) in [6.45, 7) is 31.7. The van der Waals surface area contributed by atoms with Crippen LogP contribution in [0, 0.1) is 0 Å². The van der Waals surface area contributed by atoms with Gasteiger partial charge in [-0.15, -0.1) is 0 Å². The van der Waals surface area contributed by atoms with Gasteiger partial charge in [0.15, 0.2) is 33.3 Å². The second kappa shape index (κ2) is 13.5. The molecule has 3 nitrogen and oxygen atoms in total. The molecule has 0 unspecified atom stereocenters. The molecule has 0 aromatic heterocycles. The van der Waals surface area contributed by atoms with Crippen LogP contribution in [0.5, 0.6) is 0 Å². The fraction of sp³-hybridized carbons (Fsp3) is 1.00. The van der Waals surface area contributed by atoms with Gasteiger partial charge in [-0.3, -0.25) is 0 Å². The van der Waals surface area contributed by atoms with Gasteiger partial charge in [-0.25, -0.2) is 0 Å². The largest absolute Gasteiger partial charge is 0.456 e. The van der Waals surface area contributed by atoms with E-state index in [1.54, 1.807) is 0 Å². The highest BCUT2D eigenvalue weighted by molar-refractivity contribution is 6.87. The Morgan fingerprint density at radius 1 is 0.448 bits per heavy atom. The van der Waals surface area contributed by atoms with Crippen LogP contribution in [0.1, 0.15) is 45.4 Å². The van der Waals surface area contributed by atoms with Crippen molar-refractivity contribution in [3.63, 3.8) is 0 Å². The summed E-state index contributed by atoms with van der Waals surface area (Å²) in [7, 11) is -7.43. The molecule has 0 aromatic rings. The average Bonchev–Trinajstić information content (AvgIpc) is 2.34. The van der Waals surface area contributed by atoms with Gasteiger partial charge < -0.3 is 12.3 Å². The molecule has 0 spiro atoms. The third-order valence-electron chi connectivity index (χ3n) is 3.82. The number of rotatable bonds is 13. The Morgan fingerprint density at radius 2 is 0.828 bits per heavy atom. The first kappa shape index (κ1) is 32.1. The highest BCUT2D eigenvalue weighted by Crippen LogP contribution is 2.24. The predicted molar refractivity (Wildman–Crippen MR) is 146 cm³/mol. The van der Waals surface area contributed by atoms with E-state index in [0.29, 0.717) is 0 Å². The molecule has 0 heterocycles. The third kappa shape index (κ3) is 26.9. The second-order valence-electron chi connectivity index (χ2n) is 12.3. The van der Waals surface area contributed by atoms with Gasteiger partial charge in [0.25, 0.3) is 0 Å². The van der Waals surface area contributed by atoms with Gasteiger partial charge in [0, 0.05) is 0 Å². The van der Waals surface area contributed by atoms with Crippen molar-refractivity contribution in [3.8, 4) is 0 Å². The van der Waals surface area contributed by atoms with Crippen LogP contribution in [0.2, 0.25) is 91.2 Å². The van der Waals surface area contributed by atoms with E-state index >= 15 is 0 Å². The summed E-state index contributed by atoms with van der Waals surface area (Å²) in [6.07, 6.45) is 8.22. The van der Waals surface area contributed by atoms with Crippen LogP contribution in [0.15, 0.2) is 0 Å². The lowest BCUT2D eigenvalue weighted by Crippen LogP contribution is -2.51. The van der Waals surface area contributed by atoms with Crippen molar-refractivity contribution in [3.05, 3.63) is 0 Å². The van der Waals surface area contributed by atoms with Crippen molar-refractivity contribution < 1.29 is 12.3 Å². The van der Waals surface area contributed by atoms with Gasteiger partial charge in [0.1, 0.15) is 0 Å². The summed E-state index contributed by atoms with van der Waals surface area (Å²) in [5.74, 6) is 0. The van der Waals surface area contributed by atoms with E-state index in [4.69, 9.17) is 12.3 Å². The minimum absolute atomic E-state index is 1.23. The molecule has 0 aliphatic rings. The van der Waals surface area contributed by atoms with E-state index in [0.717, 1.165) is 0 Å². The standard InChI is InChI=1S/C15H38O2Si3.C6H18OSi2/c1-9-10-11-12-13-14-15-19(5,6)17-20(7,8)16-18(2,3)4;1-8(2,3)7-9(4,5)6/h9-15H2,1-8H3;1-6H3. The summed E-state index contributed by atoms with van der Waals surface area (Å²) in [4.78, 5) is 0. The molecule has 0 atom stereocenters. The lowest BCUT2D eigenvalue weighted by atomic mass is 10.1. The summed E-state index contributed by atoms with van der Waals surface area (Å²) in [5.41, 5.74) is 0. The van der Waals surface area contributed by atoms with Crippen LogP contribution < -0.4 is 0 Å². The molecule has 0 rings (SSSR count). The van der Waals surface area contributed by atoms with E-state index in [1.807, 2.05) is 0 Å². The molecule has 0 aliphatic heterocycles. The lowest BCUT2D eigenvalue weighted by Gasteiger charge is -2.37. The van der Waals surface area contributed by atoms with Gasteiger partial charge in [-0.2, -0.15) is 0 Å². The summed E-state index contributed by atoms with van der Waals surface area (Å²) in [6, 6.07) is 1.28. The Hall–Kier alpha value is 0.964. The molecule has 0 aromatic carbocycles. The van der Waals surface area contributed by atoms with Crippen molar-refractivity contribution >= 4 is 41.8 Å². The molecule has 0 bridgehead atoms. The lowest BCUT2D eigenvalue weighted by molar-refractivity contribution is 0.390. The monoisotopic (exact) mass is 496 g/mol. The summed E-state index contributed by atoms with van der Waals surface area (Å²) < 4.78 is 18.7. The highest BCUT2D eigenvalue weighted by Gasteiger charge is 2.37. The predicted octanol–water partition coefficient (Wildman–Crippen LogP) is 8.79. The first-order chi connectivity index (χ1) is 12.7. The molecule has 0 amide bonds. The molecular weight excluding hydrogens is 441 g/mol. The molecule has 0 aliphatic carbocycles. The highest BCUT2D eigenvalue weighted by atomic mass is 28.5. The summed E-state index contributed by atoms with van der Waals surface area (Å²) >= 11 is 0. The molecule has 29 heavy (non-hydrogen) atoms. The Morgan fingerprint density at radius 3 is 1.17 bits per heavy atom. The molecule has 0 saturated carbocycles. The second-order valence-corrected chi connectivity index (χ2v) is 34.3. The third-order valence-corrected chi connectivity index (χ3v) is 18.9. The zero-order chi connectivity index (χ0) is 23.6. The number of hydrogen-bond donors (Lipinski definition) is 0. The Balaban J connectivity index is 0. The Labute approximate surface area is 190 Å². The summed E-state index contributed by atoms with van der Waals surface area (Å²) in [5, 5.41) is 0. The molecule has 0 N–H and O–H groups in total. The zero-order valence-electron chi connectivity index (χ0n) is 22.7. The van der Waals surface area contributed by atoms with Gasteiger partial charge in [-0.05, 0) is 91.2 Å². The van der Waals surface area contributed by atoms with Gasteiger partial charge in [0.05, 0.1) is 0 Å². The first-order valence-electron chi connectivity index (χ1n) is 11.8. The van der Waals surface area contributed by atoms with Crippen LogP contribution in [0.3, 0.4) is 0 Å². The van der Waals surface area contributed by atoms with Gasteiger partial charge in [0.2, 0.25) is 0 Å². The number of hydrogen-bond acceptors (Lipinski definition) is 3. The Bertz CT molecular complexity index is 410. The van der Waals surface area contributed by atoms with Crippen molar-refractivity contribution in [1.29, 1.82) is 0 Å². The van der Waals surface area contributed by atoms with Crippen LogP contribution in [-0.2, 0) is 12.3 Å². The van der Waals surface area contributed by atoms with E-state index in [1.165, 1.54) is 44.6 Å². The quantitative estimate of drug-likeness (QED) is 0.188. The molecule has 0 fully saturated rings.